The summed E-state index contributed by atoms with van der Waals surface area (Å²) in [4.78, 5) is 47.2. The Kier molecular flexibility index (Phi) is 13.5. The molecule has 1 rings (SSSR count). The second-order valence-electron chi connectivity index (χ2n) is 8.02. The van der Waals surface area contributed by atoms with Gasteiger partial charge >= 0.3 is 0 Å². The number of hydrogen-bond donors (Lipinski definition) is 4. The Morgan fingerprint density at radius 3 is 2.43 bits per heavy atom. The van der Waals surface area contributed by atoms with Crippen molar-refractivity contribution >= 4 is 24.1 Å². The number of hydroxylamine groups is 2. The van der Waals surface area contributed by atoms with Crippen LogP contribution in [0.2, 0.25) is 0 Å². The zero-order valence-corrected chi connectivity index (χ0v) is 18.2. The third-order valence-electron chi connectivity index (χ3n) is 5.36. The Morgan fingerprint density at radius 1 is 1.10 bits per heavy atom. The number of hydrogen-bond acceptors (Lipinski definition) is 5. The highest BCUT2D eigenvalue weighted by atomic mass is 16.5. The first-order chi connectivity index (χ1) is 14.4. The standard InChI is InChI=1S/C21H38N4O5/c1-17(27)22-13-10-8-12-19-21(29)23-14-9-6-4-2-3-5-7-11-18(20(28)24-19)15-25(30)16-26/h16,18-19,30H,2-15H2,1H3,(H,22,27)(H,23,29)(H,24,28)/t18?,19-/m1/s1. The lowest BCUT2D eigenvalue weighted by molar-refractivity contribution is -0.155. The van der Waals surface area contributed by atoms with Gasteiger partial charge in [0.05, 0.1) is 12.5 Å². The summed E-state index contributed by atoms with van der Waals surface area (Å²) < 4.78 is 0. The molecule has 0 radical (unpaired) electrons. The van der Waals surface area contributed by atoms with E-state index in [1.54, 1.807) is 0 Å². The van der Waals surface area contributed by atoms with Gasteiger partial charge in [0.2, 0.25) is 24.1 Å². The molecule has 1 saturated heterocycles. The van der Waals surface area contributed by atoms with Gasteiger partial charge in [-0.25, -0.2) is 5.06 Å². The van der Waals surface area contributed by atoms with Crippen molar-refractivity contribution in [1.29, 1.82) is 0 Å². The van der Waals surface area contributed by atoms with Gasteiger partial charge in [-0.3, -0.25) is 24.4 Å². The summed E-state index contributed by atoms with van der Waals surface area (Å²) in [7, 11) is 0. The maximum atomic E-state index is 12.8. The maximum Gasteiger partial charge on any atom is 0.242 e. The monoisotopic (exact) mass is 426 g/mol. The van der Waals surface area contributed by atoms with Crippen LogP contribution in [0.4, 0.5) is 0 Å². The summed E-state index contributed by atoms with van der Waals surface area (Å²) in [5.41, 5.74) is 0. The van der Waals surface area contributed by atoms with Crippen molar-refractivity contribution in [2.45, 2.75) is 83.6 Å². The van der Waals surface area contributed by atoms with E-state index < -0.39 is 12.0 Å². The SMILES string of the molecule is CC(=O)NCCCC[C@H]1NC(=O)C(CN(O)C=O)CCCCCCCCCNC1=O. The summed E-state index contributed by atoms with van der Waals surface area (Å²) in [6.45, 7) is 2.47. The Labute approximate surface area is 179 Å². The van der Waals surface area contributed by atoms with Crippen LogP contribution >= 0.6 is 0 Å². The Bertz CT molecular complexity index is 543. The van der Waals surface area contributed by atoms with E-state index in [0.29, 0.717) is 43.8 Å². The minimum Gasteiger partial charge on any atom is -0.356 e. The molecule has 1 fully saturated rings. The fourth-order valence-corrected chi connectivity index (χ4v) is 3.60. The molecule has 0 spiro atoms. The molecule has 4 N–H and O–H groups in total. The molecule has 1 aliphatic rings. The molecule has 4 amide bonds. The van der Waals surface area contributed by atoms with Crippen LogP contribution in [-0.4, -0.2) is 60.1 Å². The van der Waals surface area contributed by atoms with Crippen LogP contribution in [0.3, 0.4) is 0 Å². The van der Waals surface area contributed by atoms with Crippen LogP contribution in [-0.2, 0) is 19.2 Å². The highest BCUT2D eigenvalue weighted by Gasteiger charge is 2.26. The molecule has 1 heterocycles. The van der Waals surface area contributed by atoms with E-state index in [1.165, 1.54) is 6.92 Å². The van der Waals surface area contributed by atoms with Crippen LogP contribution in [0, 0.1) is 5.92 Å². The van der Waals surface area contributed by atoms with E-state index >= 15 is 0 Å². The molecule has 1 aliphatic heterocycles. The van der Waals surface area contributed by atoms with Gasteiger partial charge in [-0.15, -0.1) is 0 Å². The van der Waals surface area contributed by atoms with Crippen LogP contribution in [0.5, 0.6) is 0 Å². The summed E-state index contributed by atoms with van der Waals surface area (Å²) >= 11 is 0. The highest BCUT2D eigenvalue weighted by molar-refractivity contribution is 5.88. The average molecular weight is 427 g/mol. The molecule has 0 aromatic heterocycles. The minimum absolute atomic E-state index is 0.0911. The topological polar surface area (TPSA) is 128 Å². The van der Waals surface area contributed by atoms with Crippen molar-refractivity contribution in [3.05, 3.63) is 0 Å². The third-order valence-corrected chi connectivity index (χ3v) is 5.36. The van der Waals surface area contributed by atoms with Gasteiger partial charge in [-0.05, 0) is 32.1 Å². The van der Waals surface area contributed by atoms with Gasteiger partial charge in [0.15, 0.2) is 0 Å². The number of carbonyl (C=O) groups is 4. The van der Waals surface area contributed by atoms with Crippen molar-refractivity contribution in [2.75, 3.05) is 19.6 Å². The molecule has 9 heteroatoms. The zero-order chi connectivity index (χ0) is 22.2. The third kappa shape index (κ3) is 11.7. The zero-order valence-electron chi connectivity index (χ0n) is 18.2. The summed E-state index contributed by atoms with van der Waals surface area (Å²) in [5, 5.41) is 18.5. The van der Waals surface area contributed by atoms with Gasteiger partial charge in [0.25, 0.3) is 0 Å². The first-order valence-electron chi connectivity index (χ1n) is 11.2. The van der Waals surface area contributed by atoms with E-state index in [9.17, 15) is 24.4 Å². The Balaban J connectivity index is 2.75. The number of carbonyl (C=O) groups excluding carboxylic acids is 4. The molecule has 0 aliphatic carbocycles. The predicted molar refractivity (Wildman–Crippen MR) is 112 cm³/mol. The molecule has 0 aromatic carbocycles. The molecule has 2 atom stereocenters. The summed E-state index contributed by atoms with van der Waals surface area (Å²) in [6, 6.07) is -0.675. The van der Waals surface area contributed by atoms with Crippen LogP contribution < -0.4 is 16.0 Å². The first kappa shape index (κ1) is 25.9. The lowest BCUT2D eigenvalue weighted by Gasteiger charge is -2.24. The number of unbranched alkanes of at least 4 members (excludes halogenated alkanes) is 1. The van der Waals surface area contributed by atoms with Gasteiger partial charge in [0, 0.05) is 20.0 Å². The van der Waals surface area contributed by atoms with Crippen molar-refractivity contribution < 1.29 is 24.4 Å². The molecular formula is C21H38N4O5. The smallest absolute Gasteiger partial charge is 0.242 e. The second-order valence-corrected chi connectivity index (χ2v) is 8.02. The normalized spacial score (nSPS) is 22.1. The van der Waals surface area contributed by atoms with Crippen LogP contribution in [0.15, 0.2) is 0 Å². The van der Waals surface area contributed by atoms with E-state index in [2.05, 4.69) is 16.0 Å². The largest absolute Gasteiger partial charge is 0.356 e. The molecule has 1 unspecified atom stereocenters. The Morgan fingerprint density at radius 2 is 1.77 bits per heavy atom. The predicted octanol–water partition coefficient (Wildman–Crippen LogP) is 1.49. The number of nitrogens with one attached hydrogen (secondary N) is 3. The van der Waals surface area contributed by atoms with Gasteiger partial charge in [-0.2, -0.15) is 0 Å². The van der Waals surface area contributed by atoms with Crippen molar-refractivity contribution in [3.63, 3.8) is 0 Å². The second kappa shape index (κ2) is 15.6. The Hall–Kier alpha value is -2.16. The minimum atomic E-state index is -0.675. The quantitative estimate of drug-likeness (QED) is 0.202. The lowest BCUT2D eigenvalue weighted by atomic mass is 9.98. The summed E-state index contributed by atoms with van der Waals surface area (Å²) in [5.74, 6) is -1.21. The summed E-state index contributed by atoms with van der Waals surface area (Å²) in [6.07, 6.45) is 9.82. The van der Waals surface area contributed by atoms with Gasteiger partial charge < -0.3 is 16.0 Å². The molecule has 9 nitrogen and oxygen atoms in total. The van der Waals surface area contributed by atoms with Gasteiger partial charge in [0.1, 0.15) is 6.04 Å². The van der Waals surface area contributed by atoms with E-state index in [4.69, 9.17) is 0 Å². The average Bonchev–Trinajstić information content (AvgIpc) is 2.72. The van der Waals surface area contributed by atoms with E-state index in [-0.39, 0.29) is 30.7 Å². The van der Waals surface area contributed by atoms with Gasteiger partial charge in [-0.1, -0.05) is 38.5 Å². The number of nitrogens with zero attached hydrogens (tertiary/aromatic N) is 1. The molecule has 172 valence electrons. The fourth-order valence-electron chi connectivity index (χ4n) is 3.60. The van der Waals surface area contributed by atoms with Crippen LogP contribution in [0.1, 0.15) is 77.6 Å². The van der Waals surface area contributed by atoms with E-state index in [0.717, 1.165) is 44.9 Å². The maximum absolute atomic E-state index is 12.8. The molecule has 0 bridgehead atoms. The number of amides is 4. The first-order valence-corrected chi connectivity index (χ1v) is 11.2. The molecular weight excluding hydrogens is 388 g/mol. The molecule has 0 saturated carbocycles. The molecule has 30 heavy (non-hydrogen) atoms. The van der Waals surface area contributed by atoms with E-state index in [1.807, 2.05) is 0 Å². The number of rotatable bonds is 8. The highest BCUT2D eigenvalue weighted by Crippen LogP contribution is 2.15. The lowest BCUT2D eigenvalue weighted by Crippen LogP contribution is -2.50. The van der Waals surface area contributed by atoms with Crippen LogP contribution in [0.25, 0.3) is 0 Å². The van der Waals surface area contributed by atoms with Crippen molar-refractivity contribution in [3.8, 4) is 0 Å². The fraction of sp³-hybridized carbons (Fsp3) is 0.810. The molecule has 0 aromatic rings. The van der Waals surface area contributed by atoms with Crippen molar-refractivity contribution in [2.24, 2.45) is 5.92 Å². The van der Waals surface area contributed by atoms with Crippen molar-refractivity contribution in [1.82, 2.24) is 21.0 Å².